The normalized spacial score (nSPS) is 21.6. The topological polar surface area (TPSA) is 58.6 Å². The van der Waals surface area contributed by atoms with Gasteiger partial charge in [0.1, 0.15) is 0 Å². The van der Waals surface area contributed by atoms with Gasteiger partial charge in [-0.3, -0.25) is 4.79 Å². The Morgan fingerprint density at radius 3 is 2.35 bits per heavy atom. The van der Waals surface area contributed by atoms with E-state index in [1.54, 1.807) is 0 Å². The molecule has 2 amide bonds. The zero-order chi connectivity index (χ0) is 14.4. The monoisotopic (exact) mass is 282 g/mol. The zero-order valence-corrected chi connectivity index (χ0v) is 12.5. The summed E-state index contributed by atoms with van der Waals surface area (Å²) in [4.78, 5) is 25.6. The van der Waals surface area contributed by atoms with E-state index >= 15 is 0 Å². The van der Waals surface area contributed by atoms with Gasteiger partial charge in [-0.15, -0.1) is 0 Å². The molecule has 2 fully saturated rings. The fraction of sp³-hybridized carbons (Fsp3) is 0.867. The summed E-state index contributed by atoms with van der Waals surface area (Å²) in [5.74, 6) is -0.165. The minimum absolute atomic E-state index is 0.0253. The summed E-state index contributed by atoms with van der Waals surface area (Å²) in [6.07, 6.45) is 8.12. The number of carbonyl (C=O) groups is 2. The van der Waals surface area contributed by atoms with Crippen LogP contribution in [0.3, 0.4) is 0 Å². The number of urea groups is 1. The van der Waals surface area contributed by atoms with Gasteiger partial charge in [0.05, 0.1) is 13.5 Å². The van der Waals surface area contributed by atoms with Gasteiger partial charge in [-0.1, -0.05) is 19.3 Å². The second kappa shape index (κ2) is 6.95. The van der Waals surface area contributed by atoms with Gasteiger partial charge in [0.25, 0.3) is 0 Å². The predicted octanol–water partition coefficient (Wildman–Crippen LogP) is 2.31. The molecule has 0 spiro atoms. The summed E-state index contributed by atoms with van der Waals surface area (Å²) in [6, 6.07) is 0.0253. The molecule has 2 rings (SSSR count). The minimum Gasteiger partial charge on any atom is -0.469 e. The summed E-state index contributed by atoms with van der Waals surface area (Å²) in [5.41, 5.74) is -0.0965. The molecule has 5 nitrogen and oxygen atoms in total. The molecular formula is C15H26N2O3. The van der Waals surface area contributed by atoms with Crippen molar-refractivity contribution in [2.24, 2.45) is 5.41 Å². The van der Waals surface area contributed by atoms with Crippen molar-refractivity contribution in [2.45, 2.75) is 51.4 Å². The van der Waals surface area contributed by atoms with Gasteiger partial charge in [0.2, 0.25) is 0 Å². The van der Waals surface area contributed by atoms with Crippen LogP contribution in [0, 0.1) is 5.41 Å². The number of amides is 2. The van der Waals surface area contributed by atoms with Crippen LogP contribution in [0.5, 0.6) is 0 Å². The first-order chi connectivity index (χ1) is 9.65. The van der Waals surface area contributed by atoms with Crippen LogP contribution in [-0.4, -0.2) is 43.6 Å². The van der Waals surface area contributed by atoms with E-state index in [0.717, 1.165) is 51.6 Å². The highest BCUT2D eigenvalue weighted by Crippen LogP contribution is 2.39. The number of ether oxygens (including phenoxy) is 1. The second-order valence-electron chi connectivity index (χ2n) is 6.17. The fourth-order valence-corrected chi connectivity index (χ4v) is 3.39. The van der Waals surface area contributed by atoms with Crippen LogP contribution in [0.1, 0.15) is 51.4 Å². The number of methoxy groups -OCH3 is 1. The van der Waals surface area contributed by atoms with Gasteiger partial charge < -0.3 is 15.0 Å². The quantitative estimate of drug-likeness (QED) is 0.805. The van der Waals surface area contributed by atoms with Gasteiger partial charge in [0.15, 0.2) is 0 Å². The standard InChI is InChI=1S/C15H26N2O3/c1-20-13(18)11-15(7-3-2-4-8-15)12-16-14(19)17-9-5-6-10-17/h2-12H2,1H3,(H,16,19). The maximum absolute atomic E-state index is 12.1. The molecule has 2 aliphatic rings. The number of hydrogen-bond acceptors (Lipinski definition) is 3. The van der Waals surface area contributed by atoms with Gasteiger partial charge in [-0.05, 0) is 31.1 Å². The lowest BCUT2D eigenvalue weighted by molar-refractivity contribution is -0.144. The maximum atomic E-state index is 12.1. The fourth-order valence-electron chi connectivity index (χ4n) is 3.39. The molecule has 0 atom stereocenters. The van der Waals surface area contributed by atoms with E-state index in [9.17, 15) is 9.59 Å². The van der Waals surface area contributed by atoms with E-state index < -0.39 is 0 Å². The Kier molecular flexibility index (Phi) is 5.26. The van der Waals surface area contributed by atoms with Crippen molar-refractivity contribution in [2.75, 3.05) is 26.7 Å². The van der Waals surface area contributed by atoms with E-state index in [1.165, 1.54) is 13.5 Å². The third-order valence-electron chi connectivity index (χ3n) is 4.67. The Balaban J connectivity index is 1.89. The summed E-state index contributed by atoms with van der Waals surface area (Å²) >= 11 is 0. The highest BCUT2D eigenvalue weighted by Gasteiger charge is 2.35. The molecule has 20 heavy (non-hydrogen) atoms. The summed E-state index contributed by atoms with van der Waals surface area (Å²) in [5, 5.41) is 3.04. The van der Waals surface area contributed by atoms with E-state index in [1.807, 2.05) is 4.90 Å². The van der Waals surface area contributed by atoms with Crippen LogP contribution >= 0.6 is 0 Å². The average molecular weight is 282 g/mol. The first kappa shape index (κ1) is 15.1. The molecule has 114 valence electrons. The van der Waals surface area contributed by atoms with Crippen LogP contribution in [0.15, 0.2) is 0 Å². The van der Waals surface area contributed by atoms with Gasteiger partial charge >= 0.3 is 12.0 Å². The Morgan fingerprint density at radius 1 is 1.10 bits per heavy atom. The van der Waals surface area contributed by atoms with Crippen LogP contribution < -0.4 is 5.32 Å². The van der Waals surface area contributed by atoms with Crippen molar-refractivity contribution < 1.29 is 14.3 Å². The van der Waals surface area contributed by atoms with Crippen molar-refractivity contribution in [3.8, 4) is 0 Å². The molecule has 0 unspecified atom stereocenters. The molecule has 1 aliphatic heterocycles. The number of esters is 1. The number of likely N-dealkylation sites (tertiary alicyclic amines) is 1. The van der Waals surface area contributed by atoms with Crippen LogP contribution in [0.25, 0.3) is 0 Å². The molecule has 1 heterocycles. The second-order valence-corrected chi connectivity index (χ2v) is 6.17. The number of nitrogens with zero attached hydrogens (tertiary/aromatic N) is 1. The molecule has 1 aliphatic carbocycles. The Labute approximate surface area is 121 Å². The number of hydrogen-bond donors (Lipinski definition) is 1. The van der Waals surface area contributed by atoms with Gasteiger partial charge in [-0.2, -0.15) is 0 Å². The lowest BCUT2D eigenvalue weighted by atomic mass is 9.71. The first-order valence-corrected chi connectivity index (χ1v) is 7.75. The zero-order valence-electron chi connectivity index (χ0n) is 12.5. The lowest BCUT2D eigenvalue weighted by Gasteiger charge is -2.37. The molecule has 1 N–H and O–H groups in total. The lowest BCUT2D eigenvalue weighted by Crippen LogP contribution is -2.45. The SMILES string of the molecule is COC(=O)CC1(CNC(=O)N2CCCC2)CCCCC1. The largest absolute Gasteiger partial charge is 0.469 e. The smallest absolute Gasteiger partial charge is 0.317 e. The summed E-state index contributed by atoms with van der Waals surface area (Å²) < 4.78 is 4.82. The number of carbonyl (C=O) groups excluding carboxylic acids is 2. The van der Waals surface area contributed by atoms with Crippen molar-refractivity contribution in [3.63, 3.8) is 0 Å². The third-order valence-corrected chi connectivity index (χ3v) is 4.67. The molecule has 1 saturated heterocycles. The molecule has 0 aromatic rings. The van der Waals surface area contributed by atoms with Crippen molar-refractivity contribution in [1.82, 2.24) is 10.2 Å². The highest BCUT2D eigenvalue weighted by molar-refractivity contribution is 5.75. The highest BCUT2D eigenvalue weighted by atomic mass is 16.5. The van der Waals surface area contributed by atoms with Crippen molar-refractivity contribution in [3.05, 3.63) is 0 Å². The number of rotatable bonds is 4. The van der Waals surface area contributed by atoms with Crippen LogP contribution in [0.2, 0.25) is 0 Å². The Morgan fingerprint density at radius 2 is 1.75 bits per heavy atom. The average Bonchev–Trinajstić information content (AvgIpc) is 3.00. The molecule has 0 aromatic carbocycles. The van der Waals surface area contributed by atoms with E-state index in [4.69, 9.17) is 4.74 Å². The van der Waals surface area contributed by atoms with Gasteiger partial charge in [-0.25, -0.2) is 4.79 Å². The molecule has 1 saturated carbocycles. The molecule has 0 bridgehead atoms. The van der Waals surface area contributed by atoms with E-state index in [0.29, 0.717) is 13.0 Å². The summed E-state index contributed by atoms with van der Waals surface area (Å²) in [6.45, 7) is 2.31. The first-order valence-electron chi connectivity index (χ1n) is 7.75. The van der Waals surface area contributed by atoms with Crippen molar-refractivity contribution >= 4 is 12.0 Å². The number of nitrogens with one attached hydrogen (secondary N) is 1. The Hall–Kier alpha value is -1.26. The van der Waals surface area contributed by atoms with Gasteiger partial charge in [0, 0.05) is 19.6 Å². The van der Waals surface area contributed by atoms with Crippen molar-refractivity contribution in [1.29, 1.82) is 0 Å². The maximum Gasteiger partial charge on any atom is 0.317 e. The molecule has 0 radical (unpaired) electrons. The minimum atomic E-state index is -0.165. The summed E-state index contributed by atoms with van der Waals surface area (Å²) in [7, 11) is 1.43. The predicted molar refractivity (Wildman–Crippen MR) is 76.4 cm³/mol. The van der Waals surface area contributed by atoms with Crippen LogP contribution in [0.4, 0.5) is 4.79 Å². The molecule has 0 aromatic heterocycles. The van der Waals surface area contributed by atoms with E-state index in [2.05, 4.69) is 5.32 Å². The Bertz CT molecular complexity index is 345. The molecular weight excluding hydrogens is 256 g/mol. The molecule has 5 heteroatoms. The third kappa shape index (κ3) is 3.87. The van der Waals surface area contributed by atoms with E-state index in [-0.39, 0.29) is 17.4 Å². The van der Waals surface area contributed by atoms with Crippen LogP contribution in [-0.2, 0) is 9.53 Å².